The predicted molar refractivity (Wildman–Crippen MR) is 104 cm³/mol. The number of methoxy groups -OCH3 is 1. The Bertz CT molecular complexity index is 751. The molecule has 25 heavy (non-hydrogen) atoms. The molecule has 5 heteroatoms. The van der Waals surface area contributed by atoms with Gasteiger partial charge >= 0.3 is 0 Å². The third-order valence-corrected chi connectivity index (χ3v) is 4.09. The van der Waals surface area contributed by atoms with Gasteiger partial charge in [-0.2, -0.15) is 0 Å². The SMILES string of the molecule is COc1ccc(/C=C/C(=O)NCCOc2cc(C)cc(C)c2)cc1Br. The first-order valence-corrected chi connectivity index (χ1v) is 8.78. The van der Waals surface area contributed by atoms with Crippen molar-refractivity contribution in [1.29, 1.82) is 0 Å². The van der Waals surface area contributed by atoms with E-state index < -0.39 is 0 Å². The molecule has 0 aliphatic heterocycles. The molecule has 0 saturated carbocycles. The molecule has 132 valence electrons. The molecule has 0 aliphatic carbocycles. The predicted octanol–water partition coefficient (Wildman–Crippen LogP) is 4.28. The summed E-state index contributed by atoms with van der Waals surface area (Å²) in [7, 11) is 1.61. The summed E-state index contributed by atoms with van der Waals surface area (Å²) in [5, 5.41) is 2.80. The Balaban J connectivity index is 1.77. The molecular weight excluding hydrogens is 382 g/mol. The van der Waals surface area contributed by atoms with Gasteiger partial charge in [0.25, 0.3) is 0 Å². The molecule has 1 amide bonds. The van der Waals surface area contributed by atoms with E-state index in [9.17, 15) is 4.79 Å². The van der Waals surface area contributed by atoms with Crippen molar-refractivity contribution in [1.82, 2.24) is 5.32 Å². The van der Waals surface area contributed by atoms with E-state index in [0.29, 0.717) is 13.2 Å². The monoisotopic (exact) mass is 403 g/mol. The van der Waals surface area contributed by atoms with Crippen LogP contribution in [0.5, 0.6) is 11.5 Å². The van der Waals surface area contributed by atoms with Crippen molar-refractivity contribution in [3.05, 3.63) is 63.6 Å². The summed E-state index contributed by atoms with van der Waals surface area (Å²) >= 11 is 3.42. The third-order valence-electron chi connectivity index (χ3n) is 3.47. The Kier molecular flexibility index (Phi) is 7.07. The van der Waals surface area contributed by atoms with Crippen LogP contribution in [-0.4, -0.2) is 26.2 Å². The normalized spacial score (nSPS) is 10.7. The molecule has 1 N–H and O–H groups in total. The number of aryl methyl sites for hydroxylation is 2. The number of carbonyl (C=O) groups is 1. The molecule has 0 fully saturated rings. The molecule has 0 aromatic heterocycles. The van der Waals surface area contributed by atoms with E-state index in [-0.39, 0.29) is 5.91 Å². The van der Waals surface area contributed by atoms with Gasteiger partial charge in [-0.1, -0.05) is 12.1 Å². The van der Waals surface area contributed by atoms with E-state index in [0.717, 1.165) is 32.7 Å². The van der Waals surface area contributed by atoms with Crippen molar-refractivity contribution in [2.45, 2.75) is 13.8 Å². The van der Waals surface area contributed by atoms with Gasteiger partial charge in [-0.15, -0.1) is 0 Å². The van der Waals surface area contributed by atoms with Crippen molar-refractivity contribution >= 4 is 27.9 Å². The fourth-order valence-corrected chi connectivity index (χ4v) is 2.93. The summed E-state index contributed by atoms with van der Waals surface area (Å²) in [4.78, 5) is 11.9. The Morgan fingerprint density at radius 1 is 1.16 bits per heavy atom. The maximum atomic E-state index is 11.9. The topological polar surface area (TPSA) is 47.6 Å². The second kappa shape index (κ2) is 9.28. The minimum Gasteiger partial charge on any atom is -0.496 e. The lowest BCUT2D eigenvalue weighted by atomic mass is 10.1. The van der Waals surface area contributed by atoms with Crippen LogP contribution in [0.15, 0.2) is 46.9 Å². The molecular formula is C20H22BrNO3. The van der Waals surface area contributed by atoms with Crippen LogP contribution in [0.3, 0.4) is 0 Å². The number of amides is 1. The molecule has 0 unspecified atom stereocenters. The summed E-state index contributed by atoms with van der Waals surface area (Å²) in [5.41, 5.74) is 3.23. The number of benzene rings is 2. The quantitative estimate of drug-likeness (QED) is 0.554. The molecule has 0 saturated heterocycles. The summed E-state index contributed by atoms with van der Waals surface area (Å²) < 4.78 is 11.7. The molecule has 0 atom stereocenters. The zero-order valence-corrected chi connectivity index (χ0v) is 16.2. The van der Waals surface area contributed by atoms with E-state index in [1.807, 2.05) is 44.2 Å². The van der Waals surface area contributed by atoms with Gasteiger partial charge in [0, 0.05) is 6.08 Å². The van der Waals surface area contributed by atoms with Crippen LogP contribution in [0.4, 0.5) is 0 Å². The van der Waals surface area contributed by atoms with Gasteiger partial charge in [0.2, 0.25) is 5.91 Å². The highest BCUT2D eigenvalue weighted by Gasteiger charge is 2.01. The van der Waals surface area contributed by atoms with E-state index in [2.05, 4.69) is 27.3 Å². The molecule has 0 heterocycles. The molecule has 0 aliphatic rings. The van der Waals surface area contributed by atoms with Gasteiger partial charge in [0.05, 0.1) is 18.1 Å². The molecule has 2 aromatic rings. The summed E-state index contributed by atoms with van der Waals surface area (Å²) in [6.45, 7) is 4.94. The second-order valence-electron chi connectivity index (χ2n) is 5.69. The minimum atomic E-state index is -0.157. The van der Waals surface area contributed by atoms with Crippen LogP contribution < -0.4 is 14.8 Å². The van der Waals surface area contributed by atoms with Crippen molar-refractivity contribution in [2.75, 3.05) is 20.3 Å². The smallest absolute Gasteiger partial charge is 0.244 e. The van der Waals surface area contributed by atoms with Crippen molar-refractivity contribution < 1.29 is 14.3 Å². The summed E-state index contributed by atoms with van der Waals surface area (Å²) in [5.74, 6) is 1.42. The largest absolute Gasteiger partial charge is 0.496 e. The molecule has 2 rings (SSSR count). The Morgan fingerprint density at radius 3 is 2.52 bits per heavy atom. The van der Waals surface area contributed by atoms with Crippen LogP contribution in [0.1, 0.15) is 16.7 Å². The Hall–Kier alpha value is -2.27. The highest BCUT2D eigenvalue weighted by molar-refractivity contribution is 9.10. The van der Waals surface area contributed by atoms with Crippen LogP contribution >= 0.6 is 15.9 Å². The highest BCUT2D eigenvalue weighted by atomic mass is 79.9. The number of nitrogens with one attached hydrogen (secondary N) is 1. The molecule has 0 bridgehead atoms. The number of ether oxygens (including phenoxy) is 2. The van der Waals surface area contributed by atoms with E-state index in [4.69, 9.17) is 9.47 Å². The van der Waals surface area contributed by atoms with Crippen LogP contribution in [0.2, 0.25) is 0 Å². The lowest BCUT2D eigenvalue weighted by Crippen LogP contribution is -2.26. The van der Waals surface area contributed by atoms with Crippen LogP contribution in [0.25, 0.3) is 6.08 Å². The number of rotatable bonds is 7. The Labute approximate surface area is 157 Å². The first kappa shape index (κ1) is 19.1. The average Bonchev–Trinajstić information content (AvgIpc) is 2.56. The maximum Gasteiger partial charge on any atom is 0.244 e. The fourth-order valence-electron chi connectivity index (χ4n) is 2.38. The fraction of sp³-hybridized carbons (Fsp3) is 0.250. The number of hydrogen-bond donors (Lipinski definition) is 1. The summed E-state index contributed by atoms with van der Waals surface area (Å²) in [6, 6.07) is 11.7. The van der Waals surface area contributed by atoms with E-state index in [1.54, 1.807) is 13.2 Å². The lowest BCUT2D eigenvalue weighted by molar-refractivity contribution is -0.116. The number of hydrogen-bond acceptors (Lipinski definition) is 3. The zero-order valence-electron chi connectivity index (χ0n) is 14.6. The maximum absolute atomic E-state index is 11.9. The van der Waals surface area contributed by atoms with Crippen LogP contribution in [0, 0.1) is 13.8 Å². The minimum absolute atomic E-state index is 0.157. The van der Waals surface area contributed by atoms with Gasteiger partial charge in [0.15, 0.2) is 0 Å². The first-order chi connectivity index (χ1) is 12.0. The average molecular weight is 404 g/mol. The van der Waals surface area contributed by atoms with E-state index in [1.165, 1.54) is 6.08 Å². The van der Waals surface area contributed by atoms with Gasteiger partial charge in [0.1, 0.15) is 18.1 Å². The highest BCUT2D eigenvalue weighted by Crippen LogP contribution is 2.25. The third kappa shape index (κ3) is 6.27. The number of carbonyl (C=O) groups excluding carboxylic acids is 1. The van der Waals surface area contributed by atoms with Crippen molar-refractivity contribution in [3.8, 4) is 11.5 Å². The van der Waals surface area contributed by atoms with Crippen LogP contribution in [-0.2, 0) is 4.79 Å². The first-order valence-electron chi connectivity index (χ1n) is 7.98. The summed E-state index contributed by atoms with van der Waals surface area (Å²) in [6.07, 6.45) is 3.26. The molecule has 0 radical (unpaired) electrons. The standard InChI is InChI=1S/C20H22BrNO3/c1-14-10-15(2)12-17(11-14)25-9-8-22-20(23)7-5-16-4-6-19(24-3)18(21)13-16/h4-7,10-13H,8-9H2,1-3H3,(H,22,23)/b7-5+. The number of halogens is 1. The second-order valence-corrected chi connectivity index (χ2v) is 6.54. The molecule has 0 spiro atoms. The van der Waals surface area contributed by atoms with Gasteiger partial charge in [-0.05, 0) is 76.8 Å². The van der Waals surface area contributed by atoms with Gasteiger partial charge in [-0.25, -0.2) is 0 Å². The Morgan fingerprint density at radius 2 is 1.88 bits per heavy atom. The van der Waals surface area contributed by atoms with E-state index >= 15 is 0 Å². The van der Waals surface area contributed by atoms with Crippen molar-refractivity contribution in [3.63, 3.8) is 0 Å². The van der Waals surface area contributed by atoms with Gasteiger partial charge < -0.3 is 14.8 Å². The zero-order chi connectivity index (χ0) is 18.2. The van der Waals surface area contributed by atoms with Gasteiger partial charge in [-0.3, -0.25) is 4.79 Å². The molecule has 2 aromatic carbocycles. The lowest BCUT2D eigenvalue weighted by Gasteiger charge is -2.08. The molecule has 4 nitrogen and oxygen atoms in total. The van der Waals surface area contributed by atoms with Crippen molar-refractivity contribution in [2.24, 2.45) is 0 Å².